The highest BCUT2D eigenvalue weighted by Gasteiger charge is 2.28. The summed E-state index contributed by atoms with van der Waals surface area (Å²) in [4.78, 5) is 13.7. The Morgan fingerprint density at radius 3 is 3.11 bits per heavy atom. The zero-order chi connectivity index (χ0) is 13.1. The summed E-state index contributed by atoms with van der Waals surface area (Å²) in [6.07, 6.45) is 0. The van der Waals surface area contributed by atoms with E-state index in [4.69, 9.17) is 16.9 Å². The van der Waals surface area contributed by atoms with Gasteiger partial charge in [-0.3, -0.25) is 4.79 Å². The summed E-state index contributed by atoms with van der Waals surface area (Å²) in [7, 11) is 0. The number of hydrogen-bond acceptors (Lipinski definition) is 3. The van der Waals surface area contributed by atoms with E-state index in [-0.39, 0.29) is 10.6 Å². The van der Waals surface area contributed by atoms with Gasteiger partial charge in [0, 0.05) is 19.6 Å². The lowest BCUT2D eigenvalue weighted by atomic mass is 10.1. The van der Waals surface area contributed by atoms with Gasteiger partial charge in [0.05, 0.1) is 16.7 Å². The first-order valence-corrected chi connectivity index (χ1v) is 5.88. The molecule has 1 aliphatic rings. The van der Waals surface area contributed by atoms with Gasteiger partial charge >= 0.3 is 0 Å². The first-order valence-electron chi connectivity index (χ1n) is 5.50. The summed E-state index contributed by atoms with van der Waals surface area (Å²) in [6, 6.07) is 5.58. The first-order chi connectivity index (χ1) is 8.65. The van der Waals surface area contributed by atoms with Gasteiger partial charge in [-0.1, -0.05) is 17.7 Å². The molecule has 94 valence electrons. The fourth-order valence-corrected chi connectivity index (χ4v) is 2.09. The second-order valence-corrected chi connectivity index (χ2v) is 4.33. The highest BCUT2D eigenvalue weighted by molar-refractivity contribution is 6.34. The summed E-state index contributed by atoms with van der Waals surface area (Å²) in [5.74, 6) is -1.04. The molecule has 1 aliphatic heterocycles. The normalized spacial score (nSPS) is 19.4. The molecule has 1 aromatic carbocycles. The largest absolute Gasteiger partial charge is 0.320 e. The van der Waals surface area contributed by atoms with Crippen LogP contribution in [0, 0.1) is 17.1 Å². The Labute approximate surface area is 109 Å². The van der Waals surface area contributed by atoms with E-state index >= 15 is 0 Å². The fourth-order valence-electron chi connectivity index (χ4n) is 1.89. The number of amides is 1. The average Bonchev–Trinajstić information content (AvgIpc) is 2.41. The third kappa shape index (κ3) is 2.30. The molecule has 1 unspecified atom stereocenters. The van der Waals surface area contributed by atoms with Crippen molar-refractivity contribution in [3.8, 4) is 6.07 Å². The van der Waals surface area contributed by atoms with Gasteiger partial charge < -0.3 is 10.2 Å². The van der Waals surface area contributed by atoms with Gasteiger partial charge in [-0.25, -0.2) is 4.39 Å². The summed E-state index contributed by atoms with van der Waals surface area (Å²) >= 11 is 5.78. The number of halogens is 2. The number of rotatable bonds is 1. The molecule has 0 spiro atoms. The van der Waals surface area contributed by atoms with Crippen molar-refractivity contribution in [2.45, 2.75) is 6.04 Å². The lowest BCUT2D eigenvalue weighted by Crippen LogP contribution is -2.53. The third-order valence-electron chi connectivity index (χ3n) is 2.84. The van der Waals surface area contributed by atoms with Crippen LogP contribution in [-0.2, 0) is 0 Å². The second-order valence-electron chi connectivity index (χ2n) is 3.95. The van der Waals surface area contributed by atoms with Crippen molar-refractivity contribution in [1.29, 1.82) is 5.26 Å². The van der Waals surface area contributed by atoms with Gasteiger partial charge in [-0.2, -0.15) is 5.26 Å². The Balaban J connectivity index is 2.30. The van der Waals surface area contributed by atoms with E-state index in [1.807, 2.05) is 6.07 Å². The summed E-state index contributed by atoms with van der Waals surface area (Å²) in [5.41, 5.74) is 0.0961. The zero-order valence-corrected chi connectivity index (χ0v) is 10.2. The molecule has 0 aliphatic carbocycles. The van der Waals surface area contributed by atoms with Crippen molar-refractivity contribution in [2.24, 2.45) is 0 Å². The van der Waals surface area contributed by atoms with Crippen molar-refractivity contribution in [3.05, 3.63) is 34.6 Å². The van der Waals surface area contributed by atoms with E-state index < -0.39 is 17.8 Å². The van der Waals surface area contributed by atoms with Gasteiger partial charge in [-0.15, -0.1) is 0 Å². The molecule has 1 aromatic rings. The Kier molecular flexibility index (Phi) is 3.80. The van der Waals surface area contributed by atoms with Crippen LogP contribution in [0.15, 0.2) is 18.2 Å². The van der Waals surface area contributed by atoms with Crippen LogP contribution in [-0.4, -0.2) is 36.5 Å². The average molecular weight is 268 g/mol. The van der Waals surface area contributed by atoms with Gasteiger partial charge in [-0.05, 0) is 12.1 Å². The van der Waals surface area contributed by atoms with Crippen LogP contribution in [0.4, 0.5) is 4.39 Å². The maximum atomic E-state index is 13.3. The highest BCUT2D eigenvalue weighted by atomic mass is 35.5. The number of benzene rings is 1. The van der Waals surface area contributed by atoms with Crippen molar-refractivity contribution in [2.75, 3.05) is 19.6 Å². The maximum Gasteiger partial charge on any atom is 0.256 e. The van der Waals surface area contributed by atoms with Crippen LogP contribution in [0.5, 0.6) is 0 Å². The SMILES string of the molecule is N#CC1CNCCN1C(=O)c1cccc(F)c1Cl. The molecule has 1 heterocycles. The van der Waals surface area contributed by atoms with E-state index in [2.05, 4.69) is 5.32 Å². The van der Waals surface area contributed by atoms with Crippen LogP contribution in [0.2, 0.25) is 5.02 Å². The van der Waals surface area contributed by atoms with E-state index in [0.717, 1.165) is 0 Å². The minimum atomic E-state index is -0.633. The van der Waals surface area contributed by atoms with E-state index in [9.17, 15) is 9.18 Å². The molecule has 1 atom stereocenters. The predicted molar refractivity (Wildman–Crippen MR) is 64.7 cm³/mol. The van der Waals surface area contributed by atoms with Crippen LogP contribution in [0.25, 0.3) is 0 Å². The Hall–Kier alpha value is -1.64. The predicted octanol–water partition coefficient (Wildman–Crippen LogP) is 1.42. The van der Waals surface area contributed by atoms with Crippen LogP contribution in [0.1, 0.15) is 10.4 Å². The molecule has 1 amide bonds. The number of hydrogen-bond donors (Lipinski definition) is 1. The lowest BCUT2D eigenvalue weighted by molar-refractivity contribution is 0.0687. The molecular weight excluding hydrogens is 257 g/mol. The molecule has 2 rings (SSSR count). The van der Waals surface area contributed by atoms with Gasteiger partial charge in [0.1, 0.15) is 11.9 Å². The standard InChI is InChI=1S/C12H11ClFN3O/c13-11-9(2-1-3-10(11)14)12(18)17-5-4-16-7-8(17)6-15/h1-3,8,16H,4-5,7H2. The Morgan fingerprint density at radius 2 is 2.39 bits per heavy atom. The molecule has 1 saturated heterocycles. The zero-order valence-electron chi connectivity index (χ0n) is 9.49. The topological polar surface area (TPSA) is 56.1 Å². The molecule has 0 aromatic heterocycles. The molecule has 0 bridgehead atoms. The van der Waals surface area contributed by atoms with Gasteiger partial charge in [0.15, 0.2) is 0 Å². The number of carbonyl (C=O) groups is 1. The minimum absolute atomic E-state index is 0.0961. The lowest BCUT2D eigenvalue weighted by Gasteiger charge is -2.32. The summed E-state index contributed by atoms with van der Waals surface area (Å²) < 4.78 is 13.3. The number of nitrogens with one attached hydrogen (secondary N) is 1. The minimum Gasteiger partial charge on any atom is -0.320 e. The smallest absolute Gasteiger partial charge is 0.256 e. The van der Waals surface area contributed by atoms with Crippen molar-refractivity contribution < 1.29 is 9.18 Å². The van der Waals surface area contributed by atoms with Gasteiger partial charge in [0.25, 0.3) is 5.91 Å². The molecule has 18 heavy (non-hydrogen) atoms. The number of nitriles is 1. The molecule has 1 fully saturated rings. The molecule has 1 N–H and O–H groups in total. The van der Waals surface area contributed by atoms with Crippen molar-refractivity contribution >= 4 is 17.5 Å². The van der Waals surface area contributed by atoms with E-state index in [1.165, 1.54) is 23.1 Å². The Morgan fingerprint density at radius 1 is 1.61 bits per heavy atom. The number of nitrogens with zero attached hydrogens (tertiary/aromatic N) is 2. The summed E-state index contributed by atoms with van der Waals surface area (Å²) in [5, 5.41) is 11.8. The van der Waals surface area contributed by atoms with Crippen LogP contribution >= 0.6 is 11.6 Å². The first kappa shape index (κ1) is 12.8. The Bertz CT molecular complexity index is 515. The summed E-state index contributed by atoms with van der Waals surface area (Å²) in [6.45, 7) is 1.43. The monoisotopic (exact) mass is 267 g/mol. The van der Waals surface area contributed by atoms with E-state index in [1.54, 1.807) is 0 Å². The molecule has 0 saturated carbocycles. The number of piperazine rings is 1. The molecule has 6 heteroatoms. The highest BCUT2D eigenvalue weighted by Crippen LogP contribution is 2.22. The van der Waals surface area contributed by atoms with Crippen LogP contribution < -0.4 is 5.32 Å². The number of carbonyl (C=O) groups excluding carboxylic acids is 1. The van der Waals surface area contributed by atoms with Crippen molar-refractivity contribution in [3.63, 3.8) is 0 Å². The van der Waals surface area contributed by atoms with Gasteiger partial charge in [0.2, 0.25) is 0 Å². The van der Waals surface area contributed by atoms with Crippen molar-refractivity contribution in [1.82, 2.24) is 10.2 Å². The molecule has 0 radical (unpaired) electrons. The van der Waals surface area contributed by atoms with E-state index in [0.29, 0.717) is 19.6 Å². The second kappa shape index (κ2) is 5.34. The molecule has 4 nitrogen and oxygen atoms in total. The molecular formula is C12H11ClFN3O. The fraction of sp³-hybridized carbons (Fsp3) is 0.333. The quantitative estimate of drug-likeness (QED) is 0.837. The third-order valence-corrected chi connectivity index (χ3v) is 3.22. The van der Waals surface area contributed by atoms with Crippen LogP contribution in [0.3, 0.4) is 0 Å². The maximum absolute atomic E-state index is 13.3.